The number of nitrogens with zero attached hydrogens (tertiary/aromatic N) is 3. The highest BCUT2D eigenvalue weighted by Gasteiger charge is 2.45. The van der Waals surface area contributed by atoms with Crippen molar-refractivity contribution in [2.75, 3.05) is 4.90 Å². The van der Waals surface area contributed by atoms with Gasteiger partial charge in [0.25, 0.3) is 5.91 Å². The number of fused-ring (bicyclic) bond motifs is 2. The molecular formula is C23H18FN3O4S. The summed E-state index contributed by atoms with van der Waals surface area (Å²) in [6, 6.07) is 8.97. The molecule has 0 aliphatic carbocycles. The molecule has 7 nitrogen and oxygen atoms in total. The van der Waals surface area contributed by atoms with Crippen molar-refractivity contribution >= 4 is 33.3 Å². The smallest absolute Gasteiger partial charge is 0.297 e. The van der Waals surface area contributed by atoms with Crippen LogP contribution in [0.15, 0.2) is 51.7 Å². The highest BCUT2D eigenvalue weighted by atomic mass is 32.1. The van der Waals surface area contributed by atoms with E-state index in [-0.39, 0.29) is 28.0 Å². The minimum Gasteiger partial charge on any atom is -0.508 e. The Labute approximate surface area is 185 Å². The Kier molecular flexibility index (Phi) is 4.78. The third-order valence-corrected chi connectivity index (χ3v) is 6.23. The summed E-state index contributed by atoms with van der Waals surface area (Å²) in [5.41, 5.74) is 0.340. The van der Waals surface area contributed by atoms with E-state index >= 15 is 0 Å². The number of anilines is 1. The second kappa shape index (κ2) is 7.52. The maximum Gasteiger partial charge on any atom is 0.297 e. The van der Waals surface area contributed by atoms with E-state index < -0.39 is 23.2 Å². The number of aromatic nitrogens is 2. The number of carbonyl (C=O) groups is 1. The second-order valence-electron chi connectivity index (χ2n) is 8.06. The monoisotopic (exact) mass is 451 g/mol. The molecule has 162 valence electrons. The molecular weight excluding hydrogens is 433 g/mol. The first kappa shape index (κ1) is 20.3. The molecule has 1 aliphatic heterocycles. The molecule has 32 heavy (non-hydrogen) atoms. The van der Waals surface area contributed by atoms with Crippen LogP contribution < -0.4 is 10.3 Å². The highest BCUT2D eigenvalue weighted by molar-refractivity contribution is 7.15. The predicted octanol–water partition coefficient (Wildman–Crippen LogP) is 4.44. The van der Waals surface area contributed by atoms with Crippen LogP contribution in [0, 0.1) is 11.7 Å². The number of carbonyl (C=O) groups excluding carboxylic acids is 1. The molecule has 2 aromatic carbocycles. The normalized spacial score (nSPS) is 15.7. The topological polar surface area (TPSA) is 96.5 Å². The summed E-state index contributed by atoms with van der Waals surface area (Å²) >= 11 is 1.28. The van der Waals surface area contributed by atoms with Crippen molar-refractivity contribution in [3.05, 3.63) is 80.4 Å². The number of rotatable bonds is 4. The van der Waals surface area contributed by atoms with Crippen molar-refractivity contribution < 1.29 is 18.7 Å². The van der Waals surface area contributed by atoms with Gasteiger partial charge in [-0.25, -0.2) is 4.39 Å². The largest absolute Gasteiger partial charge is 0.508 e. The summed E-state index contributed by atoms with van der Waals surface area (Å²) in [6.07, 6.45) is 0.705. The molecule has 1 aliphatic rings. The van der Waals surface area contributed by atoms with E-state index in [9.17, 15) is 19.1 Å². The number of amides is 1. The number of phenolic OH excluding ortho intramolecular Hbond substituents is 1. The quantitative estimate of drug-likeness (QED) is 0.493. The fourth-order valence-corrected chi connectivity index (χ4v) is 4.97. The van der Waals surface area contributed by atoms with Crippen LogP contribution in [0.4, 0.5) is 9.52 Å². The molecule has 0 bridgehead atoms. The van der Waals surface area contributed by atoms with Gasteiger partial charge < -0.3 is 9.52 Å². The zero-order valence-corrected chi connectivity index (χ0v) is 18.0. The molecule has 5 rings (SSSR count). The van der Waals surface area contributed by atoms with Crippen LogP contribution in [0.3, 0.4) is 0 Å². The van der Waals surface area contributed by atoms with Crippen LogP contribution in [0.1, 0.15) is 46.6 Å². The Bertz CT molecular complexity index is 1410. The Morgan fingerprint density at radius 3 is 2.62 bits per heavy atom. The van der Waals surface area contributed by atoms with E-state index in [1.54, 1.807) is 12.1 Å². The molecule has 0 saturated heterocycles. The molecule has 2 aromatic heterocycles. The van der Waals surface area contributed by atoms with E-state index in [1.807, 2.05) is 0 Å². The van der Waals surface area contributed by atoms with Gasteiger partial charge in [0.05, 0.1) is 17.0 Å². The summed E-state index contributed by atoms with van der Waals surface area (Å²) in [6.45, 7) is 4.12. The molecule has 3 heterocycles. The van der Waals surface area contributed by atoms with Crippen LogP contribution >= 0.6 is 11.3 Å². The number of aromatic hydroxyl groups is 1. The Morgan fingerprint density at radius 1 is 1.16 bits per heavy atom. The first-order valence-electron chi connectivity index (χ1n) is 10.0. The molecule has 1 unspecified atom stereocenters. The fraction of sp³-hybridized carbons (Fsp3) is 0.217. The number of hydrogen-bond acceptors (Lipinski definition) is 7. The molecule has 0 saturated carbocycles. The van der Waals surface area contributed by atoms with Crippen LogP contribution in [0.5, 0.6) is 5.75 Å². The van der Waals surface area contributed by atoms with E-state index in [0.29, 0.717) is 23.0 Å². The first-order valence-corrected chi connectivity index (χ1v) is 10.9. The fourth-order valence-electron chi connectivity index (χ4n) is 3.89. The third kappa shape index (κ3) is 3.25. The molecule has 9 heteroatoms. The van der Waals surface area contributed by atoms with Crippen LogP contribution in [-0.4, -0.2) is 21.2 Å². The molecule has 1 amide bonds. The molecule has 4 aromatic rings. The maximum atomic E-state index is 13.9. The molecule has 0 spiro atoms. The van der Waals surface area contributed by atoms with Gasteiger partial charge in [-0.1, -0.05) is 37.3 Å². The van der Waals surface area contributed by atoms with Gasteiger partial charge in [-0.2, -0.15) is 0 Å². The Hall–Kier alpha value is -3.59. The number of benzene rings is 2. The first-order chi connectivity index (χ1) is 15.3. The number of hydrogen-bond donors (Lipinski definition) is 1. The van der Waals surface area contributed by atoms with Gasteiger partial charge in [0, 0.05) is 6.42 Å². The number of halogens is 1. The minimum atomic E-state index is -0.845. The van der Waals surface area contributed by atoms with Gasteiger partial charge >= 0.3 is 0 Å². The Morgan fingerprint density at radius 2 is 1.91 bits per heavy atom. The van der Waals surface area contributed by atoms with Crippen molar-refractivity contribution in [1.29, 1.82) is 0 Å². The minimum absolute atomic E-state index is 0.0487. The lowest BCUT2D eigenvalue weighted by molar-refractivity contribution is 0.0970. The van der Waals surface area contributed by atoms with Crippen molar-refractivity contribution in [1.82, 2.24) is 10.2 Å². The lowest BCUT2D eigenvalue weighted by atomic mass is 9.98. The summed E-state index contributed by atoms with van der Waals surface area (Å²) in [5.74, 6) is -0.790. The third-order valence-electron chi connectivity index (χ3n) is 5.29. The molecule has 0 radical (unpaired) electrons. The lowest BCUT2D eigenvalue weighted by Gasteiger charge is -2.22. The van der Waals surface area contributed by atoms with Crippen molar-refractivity contribution in [3.63, 3.8) is 0 Å². The summed E-state index contributed by atoms with van der Waals surface area (Å²) in [7, 11) is 0. The Balaban J connectivity index is 1.74. The van der Waals surface area contributed by atoms with Crippen molar-refractivity contribution in [3.8, 4) is 5.75 Å². The zero-order chi connectivity index (χ0) is 22.6. The maximum absolute atomic E-state index is 13.9. The van der Waals surface area contributed by atoms with Gasteiger partial charge in [0.15, 0.2) is 5.43 Å². The van der Waals surface area contributed by atoms with E-state index in [1.165, 1.54) is 40.5 Å². The predicted molar refractivity (Wildman–Crippen MR) is 118 cm³/mol. The average Bonchev–Trinajstić information content (AvgIpc) is 3.31. The zero-order valence-electron chi connectivity index (χ0n) is 17.2. The number of phenols is 1. The van der Waals surface area contributed by atoms with Gasteiger partial charge in [0.2, 0.25) is 10.9 Å². The second-order valence-corrected chi connectivity index (χ2v) is 9.10. The standard InChI is InChI=1S/C23H18FN3O4S/c1-11(2)9-17-25-26-23(32-17)27-19(12-3-6-14(28)7-4-12)18-20(29)15-10-13(24)5-8-16(15)31-21(18)22(27)30/h3-8,10-11,19,28H,9H2,1-2H3. The van der Waals surface area contributed by atoms with E-state index in [4.69, 9.17) is 4.42 Å². The summed E-state index contributed by atoms with van der Waals surface area (Å²) in [5, 5.41) is 19.3. The molecule has 1 atom stereocenters. The lowest BCUT2D eigenvalue weighted by Crippen LogP contribution is -2.29. The summed E-state index contributed by atoms with van der Waals surface area (Å²) < 4.78 is 19.7. The van der Waals surface area contributed by atoms with Gasteiger partial charge in [-0.05, 0) is 41.8 Å². The van der Waals surface area contributed by atoms with Gasteiger partial charge in [0.1, 0.15) is 22.2 Å². The van der Waals surface area contributed by atoms with Crippen molar-refractivity contribution in [2.45, 2.75) is 26.3 Å². The highest BCUT2D eigenvalue weighted by Crippen LogP contribution is 2.42. The summed E-state index contributed by atoms with van der Waals surface area (Å²) in [4.78, 5) is 28.2. The average molecular weight is 451 g/mol. The molecule has 0 fully saturated rings. The van der Waals surface area contributed by atoms with Crippen LogP contribution in [-0.2, 0) is 6.42 Å². The van der Waals surface area contributed by atoms with Crippen molar-refractivity contribution in [2.24, 2.45) is 5.92 Å². The molecule has 1 N–H and O–H groups in total. The van der Waals surface area contributed by atoms with Crippen LogP contribution in [0.2, 0.25) is 0 Å². The SMILES string of the molecule is CC(C)Cc1nnc(N2C(=O)c3oc4ccc(F)cc4c(=O)c3C2c2ccc(O)cc2)s1. The van der Waals surface area contributed by atoms with Gasteiger partial charge in [-0.3, -0.25) is 14.5 Å². The van der Waals surface area contributed by atoms with Gasteiger partial charge in [-0.15, -0.1) is 10.2 Å². The van der Waals surface area contributed by atoms with E-state index in [0.717, 1.165) is 11.1 Å². The van der Waals surface area contributed by atoms with E-state index in [2.05, 4.69) is 24.0 Å². The van der Waals surface area contributed by atoms with Crippen LogP contribution in [0.25, 0.3) is 11.0 Å².